The zero-order valence-corrected chi connectivity index (χ0v) is 15.1. The van der Waals surface area contributed by atoms with E-state index in [2.05, 4.69) is 22.9 Å². The second-order valence-electron chi connectivity index (χ2n) is 6.00. The van der Waals surface area contributed by atoms with Crippen molar-refractivity contribution in [3.8, 4) is 5.75 Å². The van der Waals surface area contributed by atoms with Gasteiger partial charge in [0.1, 0.15) is 5.75 Å². The Morgan fingerprint density at radius 2 is 1.86 bits per heavy atom. The summed E-state index contributed by atoms with van der Waals surface area (Å²) in [6.45, 7) is 10.0. The first-order valence-corrected chi connectivity index (χ1v) is 8.12. The maximum absolute atomic E-state index is 13.1. The van der Waals surface area contributed by atoms with Gasteiger partial charge in [0.15, 0.2) is 5.78 Å². The highest BCUT2D eigenvalue weighted by Gasteiger charge is 2.43. The van der Waals surface area contributed by atoms with Gasteiger partial charge in [-0.15, -0.1) is 0 Å². The fourth-order valence-electron chi connectivity index (χ4n) is 3.30. The highest BCUT2D eigenvalue weighted by atomic mass is 79.9. The fraction of sp³-hybridized carbons (Fsp3) is 0.588. The Morgan fingerprint density at radius 3 is 2.33 bits per heavy atom. The molecule has 0 bridgehead atoms. The van der Waals surface area contributed by atoms with Crippen molar-refractivity contribution in [3.63, 3.8) is 0 Å². The van der Waals surface area contributed by atoms with E-state index in [1.54, 1.807) is 7.11 Å². The molecule has 0 saturated carbocycles. The van der Waals surface area contributed by atoms with Gasteiger partial charge in [0.05, 0.1) is 30.8 Å². The van der Waals surface area contributed by atoms with Gasteiger partial charge in [-0.2, -0.15) is 0 Å². The Balaban J connectivity index is 2.54. The van der Waals surface area contributed by atoms with Crippen LogP contribution in [0.25, 0.3) is 0 Å². The van der Waals surface area contributed by atoms with Gasteiger partial charge in [-0.25, -0.2) is 0 Å². The molecule has 0 amide bonds. The van der Waals surface area contributed by atoms with Crippen molar-refractivity contribution in [3.05, 3.63) is 27.2 Å². The molecule has 2 rings (SSSR count). The molecular formula is C17H23BrO3. The summed E-state index contributed by atoms with van der Waals surface area (Å²) in [6.07, 6.45) is 0.0411. The summed E-state index contributed by atoms with van der Waals surface area (Å²) >= 11 is 3.54. The number of hydrogen-bond donors (Lipinski definition) is 0. The molecule has 116 valence electrons. The smallest absolute Gasteiger partial charge is 0.172 e. The lowest BCUT2D eigenvalue weighted by molar-refractivity contribution is 0.0490. The van der Waals surface area contributed by atoms with Gasteiger partial charge < -0.3 is 9.47 Å². The summed E-state index contributed by atoms with van der Waals surface area (Å²) in [4.78, 5) is 13.1. The summed E-state index contributed by atoms with van der Waals surface area (Å²) < 4.78 is 12.3. The summed E-state index contributed by atoms with van der Waals surface area (Å²) in [5.74, 6) is 0.884. The molecular weight excluding hydrogens is 332 g/mol. The van der Waals surface area contributed by atoms with Gasteiger partial charge in [-0.05, 0) is 50.8 Å². The molecule has 1 aliphatic heterocycles. The van der Waals surface area contributed by atoms with Gasteiger partial charge >= 0.3 is 0 Å². The van der Waals surface area contributed by atoms with Crippen LogP contribution >= 0.6 is 15.9 Å². The van der Waals surface area contributed by atoms with Gasteiger partial charge in [0, 0.05) is 4.47 Å². The number of Topliss-reactive ketones (excluding diaryl/α,β-unsaturated/α-hetero) is 1. The molecule has 1 aromatic carbocycles. The van der Waals surface area contributed by atoms with E-state index in [1.165, 1.54) is 0 Å². The third kappa shape index (κ3) is 2.76. The van der Waals surface area contributed by atoms with E-state index in [9.17, 15) is 4.79 Å². The Kier molecular flexibility index (Phi) is 4.79. The van der Waals surface area contributed by atoms with Crippen molar-refractivity contribution < 1.29 is 14.3 Å². The number of methoxy groups -OCH3 is 1. The number of rotatable bonds is 3. The van der Waals surface area contributed by atoms with Gasteiger partial charge in [0.25, 0.3) is 0 Å². The molecule has 0 aliphatic carbocycles. The second-order valence-corrected chi connectivity index (χ2v) is 6.86. The fourth-order valence-corrected chi connectivity index (χ4v) is 3.84. The third-order valence-electron chi connectivity index (χ3n) is 4.66. The number of ether oxygens (including phenoxy) is 2. The number of ketones is 1. The van der Waals surface area contributed by atoms with Crippen LogP contribution in [0.4, 0.5) is 0 Å². The van der Waals surface area contributed by atoms with Gasteiger partial charge in [0.2, 0.25) is 0 Å². The topological polar surface area (TPSA) is 35.5 Å². The minimum absolute atomic E-state index is 0.0640. The lowest BCUT2D eigenvalue weighted by atomic mass is 9.81. The Bertz CT molecular complexity index is 568. The van der Waals surface area contributed by atoms with E-state index >= 15 is 0 Å². The Labute approximate surface area is 135 Å². The van der Waals surface area contributed by atoms with Crippen molar-refractivity contribution in [2.24, 2.45) is 11.8 Å². The van der Waals surface area contributed by atoms with Crippen molar-refractivity contribution >= 4 is 21.7 Å². The molecule has 0 radical (unpaired) electrons. The number of carbonyl (C=O) groups is 1. The molecule has 0 N–H and O–H groups in total. The largest absolute Gasteiger partial charge is 0.496 e. The highest BCUT2D eigenvalue weighted by Crippen LogP contribution is 2.39. The quantitative estimate of drug-likeness (QED) is 0.758. The molecule has 0 spiro atoms. The van der Waals surface area contributed by atoms with Crippen LogP contribution < -0.4 is 4.74 Å². The SMILES string of the molecule is COc1c(C)cc(Br)c(C)c1C(=O)C1C(C)OC(C)C1C. The maximum Gasteiger partial charge on any atom is 0.172 e. The maximum atomic E-state index is 13.1. The van der Waals surface area contributed by atoms with Gasteiger partial charge in [-0.1, -0.05) is 22.9 Å². The van der Waals surface area contributed by atoms with E-state index < -0.39 is 0 Å². The van der Waals surface area contributed by atoms with Crippen LogP contribution in [0.1, 0.15) is 42.3 Å². The Morgan fingerprint density at radius 1 is 1.24 bits per heavy atom. The monoisotopic (exact) mass is 354 g/mol. The normalized spacial score (nSPS) is 28.7. The third-order valence-corrected chi connectivity index (χ3v) is 5.48. The average molecular weight is 355 g/mol. The predicted molar refractivity (Wildman–Crippen MR) is 87.2 cm³/mol. The van der Waals surface area contributed by atoms with Crippen molar-refractivity contribution in [2.75, 3.05) is 7.11 Å². The minimum atomic E-state index is -0.124. The number of aryl methyl sites for hydroxylation is 1. The van der Waals surface area contributed by atoms with Gasteiger partial charge in [-0.3, -0.25) is 4.79 Å². The van der Waals surface area contributed by atoms with Crippen molar-refractivity contribution in [2.45, 2.75) is 46.8 Å². The Hall–Kier alpha value is -0.870. The zero-order chi connectivity index (χ0) is 15.9. The summed E-state index contributed by atoms with van der Waals surface area (Å²) in [6, 6.07) is 1.99. The number of halogens is 1. The van der Waals surface area contributed by atoms with Crippen LogP contribution in [0, 0.1) is 25.7 Å². The molecule has 4 atom stereocenters. The minimum Gasteiger partial charge on any atom is -0.496 e. The molecule has 1 heterocycles. The van der Waals surface area contributed by atoms with Crippen LogP contribution in [-0.2, 0) is 4.74 Å². The van der Waals surface area contributed by atoms with Crippen molar-refractivity contribution in [1.82, 2.24) is 0 Å². The highest BCUT2D eigenvalue weighted by molar-refractivity contribution is 9.10. The van der Waals surface area contributed by atoms with Crippen LogP contribution in [0.3, 0.4) is 0 Å². The van der Waals surface area contributed by atoms with E-state index in [0.29, 0.717) is 11.3 Å². The van der Waals surface area contributed by atoms with Crippen LogP contribution in [0.5, 0.6) is 5.75 Å². The van der Waals surface area contributed by atoms with E-state index in [0.717, 1.165) is 15.6 Å². The zero-order valence-electron chi connectivity index (χ0n) is 13.5. The first kappa shape index (κ1) is 16.5. The standard InChI is InChI=1S/C17H23BrO3/c1-8-7-13(18)10(3)15(17(8)20-6)16(19)14-9(2)11(4)21-12(14)5/h7,9,11-12,14H,1-6H3. The first-order valence-electron chi connectivity index (χ1n) is 7.32. The lowest BCUT2D eigenvalue weighted by Gasteiger charge is -2.21. The van der Waals surface area contributed by atoms with E-state index in [1.807, 2.05) is 33.8 Å². The molecule has 1 aliphatic rings. The molecule has 1 fully saturated rings. The van der Waals surface area contributed by atoms with Crippen LogP contribution in [0.2, 0.25) is 0 Å². The average Bonchev–Trinajstić information content (AvgIpc) is 2.66. The summed E-state index contributed by atoms with van der Waals surface area (Å²) in [5, 5.41) is 0. The predicted octanol–water partition coefficient (Wildman–Crippen LogP) is 4.32. The summed E-state index contributed by atoms with van der Waals surface area (Å²) in [7, 11) is 1.62. The number of hydrogen-bond acceptors (Lipinski definition) is 3. The second kappa shape index (κ2) is 6.09. The van der Waals surface area contributed by atoms with Crippen LogP contribution in [0.15, 0.2) is 10.5 Å². The number of carbonyl (C=O) groups excluding carboxylic acids is 1. The number of benzene rings is 1. The molecule has 4 heteroatoms. The molecule has 4 unspecified atom stereocenters. The summed E-state index contributed by atoms with van der Waals surface area (Å²) in [5.41, 5.74) is 2.58. The molecule has 1 saturated heterocycles. The molecule has 1 aromatic rings. The molecule has 3 nitrogen and oxygen atoms in total. The lowest BCUT2D eigenvalue weighted by Crippen LogP contribution is -2.28. The molecule has 21 heavy (non-hydrogen) atoms. The molecule has 0 aromatic heterocycles. The van der Waals surface area contributed by atoms with E-state index in [-0.39, 0.29) is 29.8 Å². The van der Waals surface area contributed by atoms with Crippen molar-refractivity contribution in [1.29, 1.82) is 0 Å². The first-order chi connectivity index (χ1) is 9.79. The van der Waals surface area contributed by atoms with E-state index in [4.69, 9.17) is 9.47 Å². The van der Waals surface area contributed by atoms with Crippen LogP contribution in [-0.4, -0.2) is 25.1 Å².